The molecule has 5 nitrogen and oxygen atoms in total. The van der Waals surface area contributed by atoms with E-state index in [1.165, 1.54) is 0 Å². The first-order valence-corrected chi connectivity index (χ1v) is 10.9. The van der Waals surface area contributed by atoms with E-state index in [9.17, 15) is 4.79 Å². The molecule has 0 bridgehead atoms. The van der Waals surface area contributed by atoms with Gasteiger partial charge in [0.1, 0.15) is 17.6 Å². The molecular formula is C25H34N2O3. The highest BCUT2D eigenvalue weighted by Gasteiger charge is 2.20. The molecule has 1 saturated heterocycles. The molecule has 0 radical (unpaired) electrons. The van der Waals surface area contributed by atoms with Crippen LogP contribution in [0.5, 0.6) is 11.5 Å². The van der Waals surface area contributed by atoms with Gasteiger partial charge in [-0.2, -0.15) is 0 Å². The Hall–Kier alpha value is -2.53. The molecule has 30 heavy (non-hydrogen) atoms. The summed E-state index contributed by atoms with van der Waals surface area (Å²) in [6.07, 6.45) is 2.53. The summed E-state index contributed by atoms with van der Waals surface area (Å²) in [5.41, 5.74) is 3.27. The van der Waals surface area contributed by atoms with Gasteiger partial charge in [0, 0.05) is 19.6 Å². The van der Waals surface area contributed by atoms with E-state index in [1.807, 2.05) is 63.2 Å². The molecule has 1 aliphatic rings. The molecule has 2 aromatic rings. The summed E-state index contributed by atoms with van der Waals surface area (Å²) in [6.45, 7) is 8.66. The van der Waals surface area contributed by atoms with E-state index in [1.54, 1.807) is 0 Å². The molecule has 1 atom stereocenters. The summed E-state index contributed by atoms with van der Waals surface area (Å²) >= 11 is 0. The van der Waals surface area contributed by atoms with E-state index in [2.05, 4.69) is 17.3 Å². The number of rotatable bonds is 8. The van der Waals surface area contributed by atoms with E-state index in [0.29, 0.717) is 19.1 Å². The zero-order valence-corrected chi connectivity index (χ0v) is 18.6. The Bertz CT molecular complexity index is 827. The normalized spacial score (nSPS) is 16.1. The van der Waals surface area contributed by atoms with Crippen molar-refractivity contribution in [3.63, 3.8) is 0 Å². The van der Waals surface area contributed by atoms with Crippen molar-refractivity contribution < 1.29 is 14.3 Å². The van der Waals surface area contributed by atoms with Gasteiger partial charge in [-0.05, 0) is 75.0 Å². The van der Waals surface area contributed by atoms with Crippen LogP contribution in [-0.4, -0.2) is 43.2 Å². The molecule has 0 spiro atoms. The summed E-state index contributed by atoms with van der Waals surface area (Å²) in [5, 5.41) is 3.00. The van der Waals surface area contributed by atoms with Gasteiger partial charge in [0.2, 0.25) is 0 Å². The summed E-state index contributed by atoms with van der Waals surface area (Å²) in [7, 11) is 2.15. The van der Waals surface area contributed by atoms with Crippen molar-refractivity contribution >= 4 is 5.91 Å². The minimum absolute atomic E-state index is 0.0925. The molecule has 162 valence electrons. The lowest BCUT2D eigenvalue weighted by Gasteiger charge is -2.29. The number of nitrogens with one attached hydrogen (secondary N) is 1. The number of nitrogens with zero attached hydrogens (tertiary/aromatic N) is 1. The van der Waals surface area contributed by atoms with Crippen LogP contribution in [0, 0.1) is 13.8 Å². The van der Waals surface area contributed by atoms with Crippen LogP contribution < -0.4 is 14.8 Å². The van der Waals surface area contributed by atoms with Crippen LogP contribution >= 0.6 is 0 Å². The summed E-state index contributed by atoms with van der Waals surface area (Å²) in [6, 6.07) is 13.9. The van der Waals surface area contributed by atoms with E-state index < -0.39 is 6.10 Å². The van der Waals surface area contributed by atoms with Gasteiger partial charge >= 0.3 is 0 Å². The molecule has 3 rings (SSSR count). The van der Waals surface area contributed by atoms with Crippen LogP contribution in [0.3, 0.4) is 0 Å². The Kier molecular flexibility index (Phi) is 7.75. The molecule has 1 amide bonds. The fourth-order valence-electron chi connectivity index (χ4n) is 3.61. The Balaban J connectivity index is 1.50. The maximum Gasteiger partial charge on any atom is 0.261 e. The number of aryl methyl sites for hydroxylation is 1. The van der Waals surface area contributed by atoms with Crippen LogP contribution in [0.1, 0.15) is 42.9 Å². The summed E-state index contributed by atoms with van der Waals surface area (Å²) in [5.74, 6) is 1.57. The maximum absolute atomic E-state index is 12.6. The first-order chi connectivity index (χ1) is 14.5. The molecule has 0 unspecified atom stereocenters. The van der Waals surface area contributed by atoms with Crippen molar-refractivity contribution in [1.29, 1.82) is 0 Å². The van der Waals surface area contributed by atoms with Gasteiger partial charge in [0.05, 0.1) is 0 Å². The smallest absolute Gasteiger partial charge is 0.261 e. The van der Waals surface area contributed by atoms with E-state index in [-0.39, 0.29) is 5.91 Å². The second-order valence-corrected chi connectivity index (χ2v) is 8.20. The summed E-state index contributed by atoms with van der Waals surface area (Å²) < 4.78 is 12.1. The van der Waals surface area contributed by atoms with Crippen LogP contribution in [-0.2, 0) is 11.3 Å². The predicted octanol–water partition coefficient (Wildman–Crippen LogP) is 4.25. The van der Waals surface area contributed by atoms with Crippen molar-refractivity contribution in [3.05, 3.63) is 59.2 Å². The number of hydrogen-bond donors (Lipinski definition) is 1. The topological polar surface area (TPSA) is 50.8 Å². The Morgan fingerprint density at radius 2 is 1.83 bits per heavy atom. The van der Waals surface area contributed by atoms with E-state index in [4.69, 9.17) is 9.47 Å². The minimum Gasteiger partial charge on any atom is -0.490 e. The van der Waals surface area contributed by atoms with Gasteiger partial charge < -0.3 is 19.7 Å². The molecular weight excluding hydrogens is 376 g/mol. The van der Waals surface area contributed by atoms with Gasteiger partial charge in [-0.15, -0.1) is 0 Å². The zero-order chi connectivity index (χ0) is 21.5. The van der Waals surface area contributed by atoms with E-state index >= 15 is 0 Å². The Labute approximate surface area is 180 Å². The standard InChI is InChI=1S/C25H34N2O3/c1-5-23(30-24-8-6-7-18(2)19(24)3)25(28)26-17-20-9-11-21(12-10-20)29-22-13-15-27(4)16-14-22/h6-12,22-23H,5,13-17H2,1-4H3,(H,26,28)/t23-/m0/s1. The van der Waals surface area contributed by atoms with Gasteiger partial charge in [-0.1, -0.05) is 31.2 Å². The lowest BCUT2D eigenvalue weighted by molar-refractivity contribution is -0.128. The van der Waals surface area contributed by atoms with Crippen molar-refractivity contribution in [3.8, 4) is 11.5 Å². The van der Waals surface area contributed by atoms with Crippen molar-refractivity contribution in [2.24, 2.45) is 0 Å². The molecule has 0 aliphatic carbocycles. The number of benzene rings is 2. The highest BCUT2D eigenvalue weighted by atomic mass is 16.5. The van der Waals surface area contributed by atoms with Crippen LogP contribution in [0.2, 0.25) is 0 Å². The Morgan fingerprint density at radius 1 is 1.13 bits per heavy atom. The maximum atomic E-state index is 12.6. The first kappa shape index (κ1) is 22.2. The van der Waals surface area contributed by atoms with Crippen molar-refractivity contribution in [2.75, 3.05) is 20.1 Å². The molecule has 1 heterocycles. The number of carbonyl (C=O) groups is 1. The number of carbonyl (C=O) groups excluding carboxylic acids is 1. The Morgan fingerprint density at radius 3 is 2.50 bits per heavy atom. The number of likely N-dealkylation sites (tertiary alicyclic amines) is 1. The van der Waals surface area contributed by atoms with Gasteiger partial charge in [-0.3, -0.25) is 4.79 Å². The quantitative estimate of drug-likeness (QED) is 0.707. The monoisotopic (exact) mass is 410 g/mol. The third-order valence-corrected chi connectivity index (χ3v) is 5.85. The average molecular weight is 411 g/mol. The second kappa shape index (κ2) is 10.5. The first-order valence-electron chi connectivity index (χ1n) is 10.9. The minimum atomic E-state index is -0.502. The van der Waals surface area contributed by atoms with Crippen molar-refractivity contribution in [2.45, 2.75) is 58.8 Å². The third kappa shape index (κ3) is 5.99. The lowest BCUT2D eigenvalue weighted by Crippen LogP contribution is -2.37. The lowest BCUT2D eigenvalue weighted by atomic mass is 10.1. The van der Waals surface area contributed by atoms with Crippen LogP contribution in [0.25, 0.3) is 0 Å². The molecule has 1 N–H and O–H groups in total. The molecule has 0 aromatic heterocycles. The van der Waals surface area contributed by atoms with Gasteiger partial charge in [0.25, 0.3) is 5.91 Å². The molecule has 2 aromatic carbocycles. The highest BCUT2D eigenvalue weighted by Crippen LogP contribution is 2.23. The molecule has 1 aliphatic heterocycles. The molecule has 5 heteroatoms. The predicted molar refractivity (Wildman–Crippen MR) is 120 cm³/mol. The van der Waals surface area contributed by atoms with Crippen molar-refractivity contribution in [1.82, 2.24) is 10.2 Å². The molecule has 0 saturated carbocycles. The number of ether oxygens (including phenoxy) is 2. The highest BCUT2D eigenvalue weighted by molar-refractivity contribution is 5.81. The SMILES string of the molecule is CC[C@H](Oc1cccc(C)c1C)C(=O)NCc1ccc(OC2CCN(C)CC2)cc1. The fraction of sp³-hybridized carbons (Fsp3) is 0.480. The number of piperidine rings is 1. The largest absolute Gasteiger partial charge is 0.490 e. The van der Waals surface area contributed by atoms with Gasteiger partial charge in [-0.25, -0.2) is 0 Å². The summed E-state index contributed by atoms with van der Waals surface area (Å²) in [4.78, 5) is 15.0. The average Bonchev–Trinajstić information content (AvgIpc) is 2.75. The van der Waals surface area contributed by atoms with Crippen LogP contribution in [0.4, 0.5) is 0 Å². The van der Waals surface area contributed by atoms with Crippen LogP contribution in [0.15, 0.2) is 42.5 Å². The fourth-order valence-corrected chi connectivity index (χ4v) is 3.61. The zero-order valence-electron chi connectivity index (χ0n) is 18.6. The van der Waals surface area contributed by atoms with Gasteiger partial charge in [0.15, 0.2) is 6.10 Å². The number of hydrogen-bond acceptors (Lipinski definition) is 4. The second-order valence-electron chi connectivity index (χ2n) is 8.20. The third-order valence-electron chi connectivity index (χ3n) is 5.85. The molecule has 1 fully saturated rings. The number of amides is 1. The van der Waals surface area contributed by atoms with E-state index in [0.717, 1.165) is 54.1 Å².